The molecule has 5 heteroatoms. The van der Waals surface area contributed by atoms with Gasteiger partial charge in [0.2, 0.25) is 0 Å². The van der Waals surface area contributed by atoms with Crippen LogP contribution in [0.3, 0.4) is 0 Å². The van der Waals surface area contributed by atoms with E-state index in [2.05, 4.69) is 29.1 Å². The summed E-state index contributed by atoms with van der Waals surface area (Å²) in [6.07, 6.45) is 4.00. The fraction of sp³-hybridized carbons (Fsp3) is 0.917. The van der Waals surface area contributed by atoms with Gasteiger partial charge in [-0.25, -0.2) is 0 Å². The van der Waals surface area contributed by atoms with Crippen LogP contribution in [0.4, 0.5) is 0 Å². The van der Waals surface area contributed by atoms with Crippen LogP contribution in [0.5, 0.6) is 0 Å². The molecule has 4 nitrogen and oxygen atoms in total. The molecule has 1 aliphatic heterocycles. The summed E-state index contributed by atoms with van der Waals surface area (Å²) in [6.45, 7) is 10.5. The number of nitrogens with two attached hydrogens (primary N) is 1. The summed E-state index contributed by atoms with van der Waals surface area (Å²) < 4.78 is 0. The molecule has 0 atom stereocenters. The fourth-order valence-electron chi connectivity index (χ4n) is 2.11. The molecule has 0 unspecified atom stereocenters. The number of hydrogen-bond acceptors (Lipinski definition) is 2. The van der Waals surface area contributed by atoms with Gasteiger partial charge in [-0.2, -0.15) is 0 Å². The van der Waals surface area contributed by atoms with Crippen LogP contribution in [0.1, 0.15) is 40.0 Å². The summed E-state index contributed by atoms with van der Waals surface area (Å²) in [6, 6.07) is 0. The van der Waals surface area contributed by atoms with Crippen molar-refractivity contribution in [3.05, 3.63) is 0 Å². The molecular weight excluding hydrogens is 327 g/mol. The van der Waals surface area contributed by atoms with E-state index in [1.54, 1.807) is 0 Å². The molecular formula is C12H27IN4. The van der Waals surface area contributed by atoms with Crippen molar-refractivity contribution in [3.8, 4) is 0 Å². The zero-order valence-electron chi connectivity index (χ0n) is 11.3. The highest BCUT2D eigenvalue weighted by Crippen LogP contribution is 2.20. The first-order valence-electron chi connectivity index (χ1n) is 6.35. The monoisotopic (exact) mass is 354 g/mol. The second-order valence-electron chi connectivity index (χ2n) is 5.09. The lowest BCUT2D eigenvalue weighted by Crippen LogP contribution is -2.49. The second-order valence-corrected chi connectivity index (χ2v) is 5.09. The standard InChI is InChI=1S/C12H26N4.HI/c1-4-14-11(13)15-10-12(2,3)16-8-6-5-7-9-16;/h4-10H2,1-3H3,(H3,13,14,15);1H. The Bertz CT molecular complexity index is 235. The Morgan fingerprint density at radius 3 is 2.41 bits per heavy atom. The molecule has 0 spiro atoms. The Kier molecular flexibility index (Phi) is 8.11. The van der Waals surface area contributed by atoms with Crippen LogP contribution in [0, 0.1) is 0 Å². The number of halogens is 1. The smallest absolute Gasteiger partial charge is 0.188 e. The molecule has 3 N–H and O–H groups in total. The van der Waals surface area contributed by atoms with Gasteiger partial charge >= 0.3 is 0 Å². The summed E-state index contributed by atoms with van der Waals surface area (Å²) in [5.41, 5.74) is 5.87. The molecule has 1 fully saturated rings. The lowest BCUT2D eigenvalue weighted by atomic mass is 9.99. The van der Waals surface area contributed by atoms with Crippen molar-refractivity contribution in [2.75, 3.05) is 26.2 Å². The van der Waals surface area contributed by atoms with Crippen molar-refractivity contribution in [3.63, 3.8) is 0 Å². The van der Waals surface area contributed by atoms with Gasteiger partial charge in [0.15, 0.2) is 5.96 Å². The lowest BCUT2D eigenvalue weighted by molar-refractivity contribution is 0.102. The number of hydrogen-bond donors (Lipinski definition) is 2. The molecule has 1 saturated heterocycles. The summed E-state index contributed by atoms with van der Waals surface area (Å²) in [7, 11) is 0. The summed E-state index contributed by atoms with van der Waals surface area (Å²) >= 11 is 0. The van der Waals surface area contributed by atoms with Crippen molar-refractivity contribution in [2.45, 2.75) is 45.6 Å². The van der Waals surface area contributed by atoms with Gasteiger partial charge < -0.3 is 11.1 Å². The Balaban J connectivity index is 0.00000256. The van der Waals surface area contributed by atoms with Crippen LogP contribution in [0.25, 0.3) is 0 Å². The van der Waals surface area contributed by atoms with Crippen LogP contribution < -0.4 is 11.1 Å². The Morgan fingerprint density at radius 1 is 1.29 bits per heavy atom. The van der Waals surface area contributed by atoms with Crippen LogP contribution in [0.15, 0.2) is 4.99 Å². The Labute approximate surface area is 122 Å². The zero-order valence-corrected chi connectivity index (χ0v) is 13.7. The average Bonchev–Trinajstić information content (AvgIpc) is 2.28. The molecule has 0 amide bonds. The summed E-state index contributed by atoms with van der Waals surface area (Å²) in [5.74, 6) is 0.563. The quantitative estimate of drug-likeness (QED) is 0.460. The number of piperidine rings is 1. The highest BCUT2D eigenvalue weighted by Gasteiger charge is 2.27. The SMILES string of the molecule is CCNC(N)=NCC(C)(C)N1CCCCC1.I. The molecule has 0 radical (unpaired) electrons. The lowest BCUT2D eigenvalue weighted by Gasteiger charge is -2.40. The maximum atomic E-state index is 5.74. The van der Waals surface area contributed by atoms with Crippen LogP contribution in [0.2, 0.25) is 0 Å². The third kappa shape index (κ3) is 5.90. The van der Waals surface area contributed by atoms with E-state index < -0.39 is 0 Å². The molecule has 17 heavy (non-hydrogen) atoms. The fourth-order valence-corrected chi connectivity index (χ4v) is 2.11. The molecule has 0 aromatic rings. The predicted molar refractivity (Wildman–Crippen MR) is 85.1 cm³/mol. The number of likely N-dealkylation sites (tertiary alicyclic amines) is 1. The Hall–Kier alpha value is -0.0400. The minimum Gasteiger partial charge on any atom is -0.370 e. The van der Waals surface area contributed by atoms with E-state index >= 15 is 0 Å². The molecule has 102 valence electrons. The maximum absolute atomic E-state index is 5.74. The van der Waals surface area contributed by atoms with E-state index in [-0.39, 0.29) is 29.5 Å². The molecule has 0 saturated carbocycles. The van der Waals surface area contributed by atoms with E-state index in [0.717, 1.165) is 13.1 Å². The largest absolute Gasteiger partial charge is 0.370 e. The highest BCUT2D eigenvalue weighted by molar-refractivity contribution is 14.0. The van der Waals surface area contributed by atoms with Gasteiger partial charge in [-0.05, 0) is 46.7 Å². The van der Waals surface area contributed by atoms with E-state index in [1.807, 2.05) is 6.92 Å². The van der Waals surface area contributed by atoms with Gasteiger partial charge in [0.25, 0.3) is 0 Å². The minimum absolute atomic E-state index is 0. The zero-order chi connectivity index (χ0) is 12.0. The van der Waals surface area contributed by atoms with E-state index in [0.29, 0.717) is 5.96 Å². The third-order valence-electron chi connectivity index (χ3n) is 3.21. The van der Waals surface area contributed by atoms with Gasteiger partial charge in [0.05, 0.1) is 6.54 Å². The van der Waals surface area contributed by atoms with Crippen LogP contribution in [-0.2, 0) is 0 Å². The van der Waals surface area contributed by atoms with Crippen molar-refractivity contribution >= 4 is 29.9 Å². The second kappa shape index (κ2) is 8.13. The number of aliphatic imine (C=N–C) groups is 1. The van der Waals surface area contributed by atoms with E-state index in [4.69, 9.17) is 5.73 Å². The van der Waals surface area contributed by atoms with Gasteiger partial charge in [0, 0.05) is 12.1 Å². The maximum Gasteiger partial charge on any atom is 0.188 e. The summed E-state index contributed by atoms with van der Waals surface area (Å²) in [5, 5.41) is 3.03. The van der Waals surface area contributed by atoms with E-state index in [1.165, 1.54) is 32.4 Å². The number of nitrogens with zero attached hydrogens (tertiary/aromatic N) is 2. The van der Waals surface area contributed by atoms with E-state index in [9.17, 15) is 0 Å². The first-order valence-corrected chi connectivity index (χ1v) is 6.35. The van der Waals surface area contributed by atoms with Crippen molar-refractivity contribution in [1.29, 1.82) is 0 Å². The molecule has 0 aromatic carbocycles. The topological polar surface area (TPSA) is 53.6 Å². The van der Waals surface area contributed by atoms with Crippen molar-refractivity contribution in [2.24, 2.45) is 10.7 Å². The van der Waals surface area contributed by atoms with Crippen molar-refractivity contribution in [1.82, 2.24) is 10.2 Å². The predicted octanol–water partition coefficient (Wildman–Crippen LogP) is 1.79. The number of guanidine groups is 1. The van der Waals surface area contributed by atoms with Gasteiger partial charge in [-0.3, -0.25) is 9.89 Å². The molecule has 1 heterocycles. The van der Waals surface area contributed by atoms with Gasteiger partial charge in [-0.1, -0.05) is 6.42 Å². The number of nitrogens with one attached hydrogen (secondary N) is 1. The molecule has 0 aliphatic carbocycles. The Morgan fingerprint density at radius 2 is 1.88 bits per heavy atom. The normalized spacial score (nSPS) is 18.6. The highest BCUT2D eigenvalue weighted by atomic mass is 127. The van der Waals surface area contributed by atoms with Gasteiger partial charge in [-0.15, -0.1) is 24.0 Å². The van der Waals surface area contributed by atoms with Gasteiger partial charge in [0.1, 0.15) is 0 Å². The van der Waals surface area contributed by atoms with Crippen LogP contribution >= 0.6 is 24.0 Å². The van der Waals surface area contributed by atoms with Crippen LogP contribution in [-0.4, -0.2) is 42.6 Å². The molecule has 1 aliphatic rings. The molecule has 0 aromatic heterocycles. The number of rotatable bonds is 4. The average molecular weight is 354 g/mol. The first kappa shape index (κ1) is 17.0. The molecule has 1 rings (SSSR count). The first-order chi connectivity index (χ1) is 7.56. The minimum atomic E-state index is 0. The summed E-state index contributed by atoms with van der Waals surface area (Å²) in [4.78, 5) is 6.93. The third-order valence-corrected chi connectivity index (χ3v) is 3.21. The molecule has 0 bridgehead atoms. The van der Waals surface area contributed by atoms with Crippen molar-refractivity contribution < 1.29 is 0 Å².